The lowest BCUT2D eigenvalue weighted by Gasteiger charge is -2.42. The van der Waals surface area contributed by atoms with Gasteiger partial charge in [0.25, 0.3) is 5.91 Å². The van der Waals surface area contributed by atoms with Crippen LogP contribution in [0.25, 0.3) is 11.4 Å². The van der Waals surface area contributed by atoms with Gasteiger partial charge in [-0.2, -0.15) is 0 Å². The molecule has 0 saturated carbocycles. The maximum absolute atomic E-state index is 13.4. The lowest BCUT2D eigenvalue weighted by atomic mass is 9.98. The van der Waals surface area contributed by atoms with Crippen molar-refractivity contribution in [3.8, 4) is 11.4 Å². The van der Waals surface area contributed by atoms with Crippen molar-refractivity contribution in [1.29, 1.82) is 0 Å². The Labute approximate surface area is 203 Å². The van der Waals surface area contributed by atoms with Crippen LogP contribution in [0.1, 0.15) is 70.2 Å². The Bertz CT molecular complexity index is 1020. The summed E-state index contributed by atoms with van der Waals surface area (Å²) in [5.74, 6) is 1.04. The molecular weight excluding hydrogens is 428 g/mol. The minimum absolute atomic E-state index is 0.00189. The van der Waals surface area contributed by atoms with Gasteiger partial charge in [-0.25, -0.2) is 9.97 Å². The predicted octanol–water partition coefficient (Wildman–Crippen LogP) is 3.66. The van der Waals surface area contributed by atoms with Crippen LogP contribution < -0.4 is 0 Å². The molecule has 2 amide bonds. The highest BCUT2D eigenvalue weighted by Gasteiger charge is 2.34. The third-order valence-electron chi connectivity index (χ3n) is 6.18. The zero-order valence-electron chi connectivity index (χ0n) is 21.6. The highest BCUT2D eigenvalue weighted by molar-refractivity contribution is 5.93. The molecule has 1 fully saturated rings. The van der Waals surface area contributed by atoms with Gasteiger partial charge in [0.1, 0.15) is 12.0 Å². The second-order valence-electron chi connectivity index (χ2n) is 10.5. The van der Waals surface area contributed by atoms with E-state index in [1.807, 2.05) is 17.0 Å². The fraction of sp³-hybridized carbons (Fsp3) is 0.615. The van der Waals surface area contributed by atoms with Gasteiger partial charge in [0.15, 0.2) is 5.69 Å². The standard InChI is InChI=1S/C26H38N6O2/c1-16(2)10-20-12-23(26(34)31-8-9-32(19(7)33)24(14-31)18(5)6)29-30-25(20)22-13-21(11-17(3)4)27-15-28-22/h12-13,15-18,24H,8-11,14H2,1-7H3/t24-/m1/s1. The van der Waals surface area contributed by atoms with Gasteiger partial charge in [-0.1, -0.05) is 41.5 Å². The summed E-state index contributed by atoms with van der Waals surface area (Å²) < 4.78 is 0. The highest BCUT2D eigenvalue weighted by Crippen LogP contribution is 2.24. The van der Waals surface area contributed by atoms with Crippen molar-refractivity contribution in [3.05, 3.63) is 35.4 Å². The van der Waals surface area contributed by atoms with Gasteiger partial charge in [-0.05, 0) is 48.3 Å². The number of carbonyl (C=O) groups is 2. The molecule has 0 unspecified atom stereocenters. The summed E-state index contributed by atoms with van der Waals surface area (Å²) in [5.41, 5.74) is 3.72. The molecule has 1 saturated heterocycles. The lowest BCUT2D eigenvalue weighted by Crippen LogP contribution is -2.58. The Morgan fingerprint density at radius 3 is 2.29 bits per heavy atom. The van der Waals surface area contributed by atoms with Gasteiger partial charge in [-0.3, -0.25) is 9.59 Å². The van der Waals surface area contributed by atoms with Crippen molar-refractivity contribution < 1.29 is 9.59 Å². The molecule has 1 aliphatic heterocycles. The molecule has 0 radical (unpaired) electrons. The molecular formula is C26H38N6O2. The van der Waals surface area contributed by atoms with Crippen molar-refractivity contribution in [2.45, 2.75) is 67.3 Å². The first-order chi connectivity index (χ1) is 16.1. The van der Waals surface area contributed by atoms with E-state index in [1.54, 1.807) is 18.2 Å². The van der Waals surface area contributed by atoms with Crippen LogP contribution in [0.15, 0.2) is 18.5 Å². The number of rotatable bonds is 7. The van der Waals surface area contributed by atoms with E-state index in [-0.39, 0.29) is 23.8 Å². The molecule has 2 aromatic heterocycles. The van der Waals surface area contributed by atoms with Gasteiger partial charge in [0.2, 0.25) is 5.91 Å². The Kier molecular flexibility index (Phi) is 8.33. The zero-order valence-corrected chi connectivity index (χ0v) is 21.6. The molecule has 0 aliphatic carbocycles. The number of nitrogens with zero attached hydrogens (tertiary/aromatic N) is 6. The number of amides is 2. The summed E-state index contributed by atoms with van der Waals surface area (Å²) in [6.45, 7) is 15.9. The Balaban J connectivity index is 1.90. The molecule has 184 valence electrons. The summed E-state index contributed by atoms with van der Waals surface area (Å²) in [7, 11) is 0. The molecule has 0 aromatic carbocycles. The van der Waals surface area contributed by atoms with Crippen LogP contribution in [0, 0.1) is 17.8 Å². The van der Waals surface area contributed by atoms with Crippen molar-refractivity contribution in [3.63, 3.8) is 0 Å². The molecule has 8 heteroatoms. The summed E-state index contributed by atoms with van der Waals surface area (Å²) >= 11 is 0. The quantitative estimate of drug-likeness (QED) is 0.618. The van der Waals surface area contributed by atoms with E-state index in [1.165, 1.54) is 0 Å². The summed E-state index contributed by atoms with van der Waals surface area (Å²) in [4.78, 5) is 38.0. The molecule has 0 bridgehead atoms. The van der Waals surface area contributed by atoms with Crippen LogP contribution in [0.2, 0.25) is 0 Å². The predicted molar refractivity (Wildman–Crippen MR) is 132 cm³/mol. The number of aromatic nitrogens is 4. The Hall–Kier alpha value is -2.90. The molecule has 3 rings (SSSR count). The van der Waals surface area contributed by atoms with Crippen LogP contribution in [0.3, 0.4) is 0 Å². The van der Waals surface area contributed by atoms with Crippen LogP contribution in [0.5, 0.6) is 0 Å². The summed E-state index contributed by atoms with van der Waals surface area (Å²) in [6.07, 6.45) is 3.21. The molecule has 1 atom stereocenters. The van der Waals surface area contributed by atoms with E-state index >= 15 is 0 Å². The van der Waals surface area contributed by atoms with Gasteiger partial charge in [0, 0.05) is 32.3 Å². The van der Waals surface area contributed by atoms with E-state index < -0.39 is 0 Å². The number of carbonyl (C=O) groups excluding carboxylic acids is 2. The minimum atomic E-state index is -0.138. The van der Waals surface area contributed by atoms with Gasteiger partial charge in [0.05, 0.1) is 11.7 Å². The van der Waals surface area contributed by atoms with Crippen molar-refractivity contribution in [1.82, 2.24) is 30.0 Å². The largest absolute Gasteiger partial charge is 0.336 e. The first kappa shape index (κ1) is 25.7. The lowest BCUT2D eigenvalue weighted by molar-refractivity contribution is -0.134. The zero-order chi connectivity index (χ0) is 25.0. The monoisotopic (exact) mass is 466 g/mol. The first-order valence-electron chi connectivity index (χ1n) is 12.3. The second-order valence-corrected chi connectivity index (χ2v) is 10.5. The topological polar surface area (TPSA) is 92.2 Å². The fourth-order valence-corrected chi connectivity index (χ4v) is 4.52. The van der Waals surface area contributed by atoms with Crippen LogP contribution in [-0.2, 0) is 17.6 Å². The third-order valence-corrected chi connectivity index (χ3v) is 6.18. The third kappa shape index (κ3) is 6.15. The Morgan fingerprint density at radius 1 is 0.971 bits per heavy atom. The van der Waals surface area contributed by atoms with E-state index in [2.05, 4.69) is 61.7 Å². The van der Waals surface area contributed by atoms with E-state index in [0.717, 1.165) is 29.8 Å². The number of hydrogen-bond donors (Lipinski definition) is 0. The van der Waals surface area contributed by atoms with Crippen molar-refractivity contribution >= 4 is 11.8 Å². The summed E-state index contributed by atoms with van der Waals surface area (Å²) in [5, 5.41) is 8.81. The summed E-state index contributed by atoms with van der Waals surface area (Å²) in [6, 6.07) is 3.85. The normalized spacial score (nSPS) is 16.6. The van der Waals surface area contributed by atoms with Crippen molar-refractivity contribution in [2.75, 3.05) is 19.6 Å². The molecule has 1 aliphatic rings. The molecule has 0 spiro atoms. The average molecular weight is 467 g/mol. The maximum Gasteiger partial charge on any atom is 0.274 e. The van der Waals surface area contributed by atoms with Crippen LogP contribution >= 0.6 is 0 Å². The van der Waals surface area contributed by atoms with Gasteiger partial charge >= 0.3 is 0 Å². The SMILES string of the molecule is CC(=O)N1CCN(C(=O)c2cc(CC(C)C)c(-c3cc(CC(C)C)ncn3)nn2)C[C@@H]1C(C)C. The smallest absolute Gasteiger partial charge is 0.274 e. The van der Waals surface area contributed by atoms with E-state index in [4.69, 9.17) is 0 Å². The highest BCUT2D eigenvalue weighted by atomic mass is 16.2. The molecule has 3 heterocycles. The molecule has 2 aromatic rings. The molecule has 34 heavy (non-hydrogen) atoms. The van der Waals surface area contributed by atoms with Crippen LogP contribution in [-0.4, -0.2) is 67.5 Å². The van der Waals surface area contributed by atoms with Gasteiger partial charge < -0.3 is 9.80 Å². The van der Waals surface area contributed by atoms with Crippen LogP contribution in [0.4, 0.5) is 0 Å². The van der Waals surface area contributed by atoms with Gasteiger partial charge in [-0.15, -0.1) is 10.2 Å². The molecule has 0 N–H and O–H groups in total. The van der Waals surface area contributed by atoms with E-state index in [9.17, 15) is 9.59 Å². The average Bonchev–Trinajstić information content (AvgIpc) is 2.77. The fourth-order valence-electron chi connectivity index (χ4n) is 4.52. The minimum Gasteiger partial charge on any atom is -0.336 e. The Morgan fingerprint density at radius 2 is 1.68 bits per heavy atom. The number of piperazine rings is 1. The number of hydrogen-bond acceptors (Lipinski definition) is 6. The second kappa shape index (κ2) is 11.0. The maximum atomic E-state index is 13.4. The van der Waals surface area contributed by atoms with E-state index in [0.29, 0.717) is 42.9 Å². The molecule has 8 nitrogen and oxygen atoms in total. The first-order valence-corrected chi connectivity index (χ1v) is 12.3. The van der Waals surface area contributed by atoms with Crippen molar-refractivity contribution in [2.24, 2.45) is 17.8 Å².